The Bertz CT molecular complexity index is 804. The first-order valence-electron chi connectivity index (χ1n) is 8.39. The Labute approximate surface area is 181 Å². The number of halogens is 3. The summed E-state index contributed by atoms with van der Waals surface area (Å²) in [6.45, 7) is 1.40. The SMILES string of the molecule is CN=C(NCc1ccc(OC)c(OC(F)F)c1)N1CCS(=O)(=O)C(C)(C)C1.I. The summed E-state index contributed by atoms with van der Waals surface area (Å²) in [6, 6.07) is 4.74. The molecule has 1 aromatic carbocycles. The lowest BCUT2D eigenvalue weighted by atomic mass is 10.2. The first kappa shape index (κ1) is 24.7. The van der Waals surface area contributed by atoms with E-state index in [9.17, 15) is 17.2 Å². The van der Waals surface area contributed by atoms with Crippen LogP contribution in [0.3, 0.4) is 0 Å². The van der Waals surface area contributed by atoms with Gasteiger partial charge < -0.3 is 19.7 Å². The quantitative estimate of drug-likeness (QED) is 0.356. The maximum absolute atomic E-state index is 12.5. The summed E-state index contributed by atoms with van der Waals surface area (Å²) in [5.74, 6) is 0.763. The van der Waals surface area contributed by atoms with E-state index in [2.05, 4.69) is 15.0 Å². The number of aliphatic imine (C=N–C) groups is 1. The van der Waals surface area contributed by atoms with Gasteiger partial charge in [-0.3, -0.25) is 4.99 Å². The molecule has 0 bridgehead atoms. The van der Waals surface area contributed by atoms with Crippen molar-refractivity contribution in [2.24, 2.45) is 4.99 Å². The molecule has 160 valence electrons. The van der Waals surface area contributed by atoms with Gasteiger partial charge >= 0.3 is 6.61 Å². The van der Waals surface area contributed by atoms with E-state index >= 15 is 0 Å². The van der Waals surface area contributed by atoms with Crippen LogP contribution in [0, 0.1) is 0 Å². The van der Waals surface area contributed by atoms with Crippen molar-refractivity contribution >= 4 is 39.8 Å². The van der Waals surface area contributed by atoms with Crippen molar-refractivity contribution in [2.75, 3.05) is 33.0 Å². The van der Waals surface area contributed by atoms with Gasteiger partial charge in [-0.1, -0.05) is 6.07 Å². The molecule has 0 amide bonds. The van der Waals surface area contributed by atoms with Crippen LogP contribution in [0.15, 0.2) is 23.2 Å². The fraction of sp³-hybridized carbons (Fsp3) is 0.588. The highest BCUT2D eigenvalue weighted by Crippen LogP contribution is 2.29. The summed E-state index contributed by atoms with van der Waals surface area (Å²) in [7, 11) is -0.170. The first-order chi connectivity index (χ1) is 12.6. The molecule has 0 radical (unpaired) electrons. The number of guanidine groups is 1. The van der Waals surface area contributed by atoms with Gasteiger partial charge in [0, 0.05) is 26.7 Å². The monoisotopic (exact) mass is 533 g/mol. The summed E-state index contributed by atoms with van der Waals surface area (Å²) in [5, 5.41) is 3.14. The zero-order valence-corrected chi connectivity index (χ0v) is 19.4. The van der Waals surface area contributed by atoms with E-state index < -0.39 is 21.2 Å². The average Bonchev–Trinajstić information content (AvgIpc) is 2.58. The summed E-state index contributed by atoms with van der Waals surface area (Å²) >= 11 is 0. The maximum Gasteiger partial charge on any atom is 0.387 e. The van der Waals surface area contributed by atoms with E-state index in [4.69, 9.17) is 4.74 Å². The Kier molecular flexibility index (Phi) is 8.72. The standard InChI is InChI=1S/C17H25F2N3O4S.HI/c1-17(2)11-22(7-8-27(17,23)24)16(20-3)21-10-12-5-6-13(25-4)14(9-12)26-15(18)19;/h5-6,9,15H,7-8,10-11H2,1-4H3,(H,20,21);1H. The van der Waals surface area contributed by atoms with Crippen LogP contribution in [0.5, 0.6) is 11.5 Å². The van der Waals surface area contributed by atoms with Crippen molar-refractivity contribution in [2.45, 2.75) is 31.8 Å². The van der Waals surface area contributed by atoms with Gasteiger partial charge in [0.15, 0.2) is 27.3 Å². The van der Waals surface area contributed by atoms with E-state index in [1.165, 1.54) is 13.2 Å². The molecule has 7 nitrogen and oxygen atoms in total. The maximum atomic E-state index is 12.5. The molecule has 0 atom stereocenters. The van der Waals surface area contributed by atoms with E-state index in [-0.39, 0.29) is 41.2 Å². The first-order valence-corrected chi connectivity index (χ1v) is 10.0. The number of nitrogens with one attached hydrogen (secondary N) is 1. The Hall–Kier alpha value is -1.37. The Morgan fingerprint density at radius 1 is 1.36 bits per heavy atom. The molecule has 0 saturated carbocycles. The minimum absolute atomic E-state index is 0. The molecule has 0 unspecified atom stereocenters. The highest BCUT2D eigenvalue weighted by molar-refractivity contribution is 14.0. The second-order valence-corrected chi connectivity index (χ2v) is 9.51. The van der Waals surface area contributed by atoms with Crippen molar-refractivity contribution in [3.05, 3.63) is 23.8 Å². The molecule has 1 heterocycles. The number of ether oxygens (including phenoxy) is 2. The molecule has 1 N–H and O–H groups in total. The van der Waals surface area contributed by atoms with Gasteiger partial charge in [0.1, 0.15) is 0 Å². The van der Waals surface area contributed by atoms with Crippen LogP contribution in [0.4, 0.5) is 8.78 Å². The van der Waals surface area contributed by atoms with Crippen LogP contribution >= 0.6 is 24.0 Å². The number of alkyl halides is 2. The minimum Gasteiger partial charge on any atom is -0.493 e. The summed E-state index contributed by atoms with van der Waals surface area (Å²) < 4.78 is 58.0. The third-order valence-corrected chi connectivity index (χ3v) is 6.98. The highest BCUT2D eigenvalue weighted by Gasteiger charge is 2.40. The lowest BCUT2D eigenvalue weighted by Gasteiger charge is -2.39. The third kappa shape index (κ3) is 5.82. The smallest absolute Gasteiger partial charge is 0.387 e. The van der Waals surface area contributed by atoms with Gasteiger partial charge in [-0.2, -0.15) is 8.78 Å². The molecule has 1 aliphatic heterocycles. The van der Waals surface area contributed by atoms with Crippen LogP contribution in [-0.4, -0.2) is 63.6 Å². The molecule has 2 rings (SSSR count). The van der Waals surface area contributed by atoms with Crippen LogP contribution in [0.1, 0.15) is 19.4 Å². The molecule has 0 aromatic heterocycles. The average molecular weight is 533 g/mol. The lowest BCUT2D eigenvalue weighted by Crippen LogP contribution is -2.57. The number of sulfone groups is 1. The van der Waals surface area contributed by atoms with Crippen molar-refractivity contribution in [3.63, 3.8) is 0 Å². The Morgan fingerprint density at radius 3 is 2.57 bits per heavy atom. The molecule has 1 aromatic rings. The Morgan fingerprint density at radius 2 is 2.04 bits per heavy atom. The number of hydrogen-bond donors (Lipinski definition) is 1. The fourth-order valence-corrected chi connectivity index (χ4v) is 4.22. The molecule has 0 spiro atoms. The third-order valence-electron chi connectivity index (χ3n) is 4.45. The number of rotatable bonds is 5. The van der Waals surface area contributed by atoms with E-state index in [0.29, 0.717) is 31.2 Å². The molecule has 11 heteroatoms. The normalized spacial score (nSPS) is 18.4. The number of hydrogen-bond acceptors (Lipinski definition) is 5. The zero-order valence-electron chi connectivity index (χ0n) is 16.2. The topological polar surface area (TPSA) is 80.2 Å². The zero-order chi connectivity index (χ0) is 20.2. The summed E-state index contributed by atoms with van der Waals surface area (Å²) in [6.07, 6.45) is 0. The molecule has 1 aliphatic rings. The van der Waals surface area contributed by atoms with Crippen LogP contribution in [0.25, 0.3) is 0 Å². The second kappa shape index (κ2) is 9.90. The lowest BCUT2D eigenvalue weighted by molar-refractivity contribution is -0.0512. The number of methoxy groups -OCH3 is 1. The molecule has 0 aliphatic carbocycles. The van der Waals surface area contributed by atoms with Gasteiger partial charge in [0.25, 0.3) is 0 Å². The van der Waals surface area contributed by atoms with E-state index in [1.54, 1.807) is 33.0 Å². The van der Waals surface area contributed by atoms with Gasteiger partial charge in [0.2, 0.25) is 0 Å². The van der Waals surface area contributed by atoms with Crippen molar-refractivity contribution in [1.29, 1.82) is 0 Å². The predicted molar refractivity (Wildman–Crippen MR) is 115 cm³/mol. The van der Waals surface area contributed by atoms with E-state index in [0.717, 1.165) is 0 Å². The number of benzene rings is 1. The molecular weight excluding hydrogens is 507 g/mol. The van der Waals surface area contributed by atoms with Crippen LogP contribution in [0.2, 0.25) is 0 Å². The predicted octanol–water partition coefficient (Wildman–Crippen LogP) is 2.50. The highest BCUT2D eigenvalue weighted by atomic mass is 127. The van der Waals surface area contributed by atoms with Crippen LogP contribution < -0.4 is 14.8 Å². The van der Waals surface area contributed by atoms with Crippen molar-refractivity contribution in [1.82, 2.24) is 10.2 Å². The van der Waals surface area contributed by atoms with Gasteiger partial charge in [-0.15, -0.1) is 24.0 Å². The molecule has 1 saturated heterocycles. The fourth-order valence-electron chi connectivity index (χ4n) is 2.86. The second-order valence-electron chi connectivity index (χ2n) is 6.76. The largest absolute Gasteiger partial charge is 0.493 e. The summed E-state index contributed by atoms with van der Waals surface area (Å²) in [4.78, 5) is 6.08. The van der Waals surface area contributed by atoms with Gasteiger partial charge in [-0.05, 0) is 31.5 Å². The molecule has 1 fully saturated rings. The summed E-state index contributed by atoms with van der Waals surface area (Å²) in [5.41, 5.74) is 0.691. The van der Waals surface area contributed by atoms with Crippen molar-refractivity contribution in [3.8, 4) is 11.5 Å². The van der Waals surface area contributed by atoms with E-state index in [1.807, 2.05) is 4.90 Å². The van der Waals surface area contributed by atoms with Gasteiger partial charge in [0.05, 0.1) is 17.6 Å². The molecule has 28 heavy (non-hydrogen) atoms. The minimum atomic E-state index is -3.15. The molecular formula is C17H26F2IN3O4S. The van der Waals surface area contributed by atoms with Crippen molar-refractivity contribution < 1.29 is 26.7 Å². The van der Waals surface area contributed by atoms with Crippen LogP contribution in [-0.2, 0) is 16.4 Å². The Balaban J connectivity index is 0.00000392. The van der Waals surface area contributed by atoms with Gasteiger partial charge in [-0.25, -0.2) is 8.42 Å². The number of nitrogens with zero attached hydrogens (tertiary/aromatic N) is 2.